The van der Waals surface area contributed by atoms with E-state index in [1.54, 1.807) is 36.4 Å². The molecule has 0 fully saturated rings. The quantitative estimate of drug-likeness (QED) is 0.123. The van der Waals surface area contributed by atoms with Crippen molar-refractivity contribution in [2.45, 2.75) is 69.6 Å². The van der Waals surface area contributed by atoms with Crippen molar-refractivity contribution in [1.29, 1.82) is 0 Å². The molecule has 51 heavy (non-hydrogen) atoms. The zero-order valence-electron chi connectivity index (χ0n) is 28.6. The average molecular weight is 725 g/mol. The van der Waals surface area contributed by atoms with Crippen LogP contribution in [0, 0.1) is 5.82 Å². The number of nitrogens with one attached hydrogen (secondary N) is 1. The molecule has 7 N–H and O–H groups in total. The number of carbonyl (C=O) groups is 4. The lowest BCUT2D eigenvalue weighted by Gasteiger charge is -2.35. The summed E-state index contributed by atoms with van der Waals surface area (Å²) < 4.78 is 13.5. The van der Waals surface area contributed by atoms with Gasteiger partial charge in [-0.25, -0.2) is 4.39 Å². The minimum absolute atomic E-state index is 0.0583. The van der Waals surface area contributed by atoms with Gasteiger partial charge in [0.25, 0.3) is 5.91 Å². The minimum atomic E-state index is -1.49. The highest BCUT2D eigenvalue weighted by Crippen LogP contribution is 2.32. The Morgan fingerprint density at radius 1 is 0.980 bits per heavy atom. The molecular formula is C37H44ClFN5O7. The number of unbranched alkanes of at least 4 members (excludes halogenated alkanes) is 1. The van der Waals surface area contributed by atoms with E-state index in [4.69, 9.17) is 23.1 Å². The van der Waals surface area contributed by atoms with Gasteiger partial charge in [0.1, 0.15) is 29.7 Å². The zero-order chi connectivity index (χ0) is 37.7. The number of rotatable bonds is 18. The van der Waals surface area contributed by atoms with Gasteiger partial charge >= 0.3 is 0 Å². The summed E-state index contributed by atoms with van der Waals surface area (Å²) in [5.74, 6) is -3.76. The summed E-state index contributed by atoms with van der Waals surface area (Å²) >= 11 is 6.05. The Labute approximate surface area is 301 Å². The normalized spacial score (nSPS) is 13.4. The van der Waals surface area contributed by atoms with E-state index >= 15 is 0 Å². The van der Waals surface area contributed by atoms with Crippen molar-refractivity contribution in [2.24, 2.45) is 11.5 Å². The molecule has 14 heteroatoms. The molecule has 3 rings (SSSR count). The SMILES string of the molecule is C[C@H](N)C(=O)N[C@@H](CO)C(=O)N(C)[C@@H](Cc1ccc(O)c(-c2ccc(Cl)cc2)c1)C(=O)N(C(=O)CCc1ccc(F)cc1)[C@@H]([C]=O)CCCCN. The number of likely N-dealkylation sites (N-methyl/N-ethyl adjacent to an activating group) is 1. The number of phenols is 1. The molecule has 0 unspecified atom stereocenters. The highest BCUT2D eigenvalue weighted by molar-refractivity contribution is 6.30. The van der Waals surface area contributed by atoms with Gasteiger partial charge in [-0.2, -0.15) is 0 Å². The molecule has 0 aromatic heterocycles. The van der Waals surface area contributed by atoms with Crippen molar-refractivity contribution in [1.82, 2.24) is 15.1 Å². The number of imide groups is 1. The Bertz CT molecular complexity index is 1660. The molecule has 0 heterocycles. The molecule has 0 bridgehead atoms. The van der Waals surface area contributed by atoms with E-state index in [0.717, 1.165) is 9.80 Å². The number of nitrogens with two attached hydrogens (primary N) is 2. The number of aryl methyl sites for hydroxylation is 1. The van der Waals surface area contributed by atoms with Crippen LogP contribution in [0.2, 0.25) is 5.02 Å². The fourth-order valence-electron chi connectivity index (χ4n) is 5.43. The van der Waals surface area contributed by atoms with Crippen LogP contribution in [0.4, 0.5) is 4.39 Å². The number of hydrogen-bond donors (Lipinski definition) is 5. The molecule has 0 spiro atoms. The topological polar surface area (TPSA) is 196 Å². The second-order valence-corrected chi connectivity index (χ2v) is 12.6. The Morgan fingerprint density at radius 3 is 2.22 bits per heavy atom. The molecule has 0 saturated carbocycles. The van der Waals surface area contributed by atoms with Crippen molar-refractivity contribution in [3.05, 3.63) is 88.7 Å². The van der Waals surface area contributed by atoms with Crippen LogP contribution in [-0.4, -0.2) is 94.3 Å². The van der Waals surface area contributed by atoms with Crippen LogP contribution in [0.3, 0.4) is 0 Å². The first-order chi connectivity index (χ1) is 24.3. The second kappa shape index (κ2) is 19.6. The summed E-state index contributed by atoms with van der Waals surface area (Å²) in [4.78, 5) is 68.9. The lowest BCUT2D eigenvalue weighted by atomic mass is 9.96. The minimum Gasteiger partial charge on any atom is -0.507 e. The maximum atomic E-state index is 14.6. The standard InChI is InChI=1S/C37H44ClFN5O7/c1-23(41)35(49)42-31(22-46)36(50)43(2)32(20-25-8-16-33(47)30(19-25)26-10-12-27(38)13-11-26)37(51)44(29(21-45)5-3-4-18-40)34(48)17-9-24-6-14-28(39)15-7-24/h6-8,10-16,19,23,29,31-32,46-47H,3-5,9,17-18,20,22,40-41H2,1-2H3,(H,42,49)/t23-,29+,31-,32-/m0/s1. The highest BCUT2D eigenvalue weighted by Gasteiger charge is 2.39. The van der Waals surface area contributed by atoms with E-state index in [1.165, 1.54) is 44.3 Å². The first-order valence-electron chi connectivity index (χ1n) is 16.5. The molecule has 3 aromatic carbocycles. The number of amides is 4. The predicted octanol–water partition coefficient (Wildman–Crippen LogP) is 2.64. The molecule has 4 atom stereocenters. The number of nitrogens with zero attached hydrogens (tertiary/aromatic N) is 2. The number of hydrogen-bond acceptors (Lipinski definition) is 9. The average Bonchev–Trinajstić information content (AvgIpc) is 3.12. The zero-order valence-corrected chi connectivity index (χ0v) is 29.3. The first-order valence-corrected chi connectivity index (χ1v) is 16.9. The Kier molecular flexibility index (Phi) is 15.7. The van der Waals surface area contributed by atoms with Crippen LogP contribution in [0.15, 0.2) is 66.7 Å². The third-order valence-corrected chi connectivity index (χ3v) is 8.63. The number of aliphatic hydroxyl groups excluding tert-OH is 1. The maximum Gasteiger partial charge on any atom is 0.252 e. The number of aromatic hydroxyl groups is 1. The molecule has 0 aliphatic rings. The summed E-state index contributed by atoms with van der Waals surface area (Å²) in [6.07, 6.45) is 2.44. The van der Waals surface area contributed by atoms with Gasteiger partial charge in [-0.15, -0.1) is 0 Å². The molecule has 0 aliphatic carbocycles. The molecule has 12 nitrogen and oxygen atoms in total. The van der Waals surface area contributed by atoms with Crippen molar-refractivity contribution in [3.63, 3.8) is 0 Å². The van der Waals surface area contributed by atoms with Gasteiger partial charge in [-0.05, 0) is 92.2 Å². The van der Waals surface area contributed by atoms with Crippen LogP contribution in [0.25, 0.3) is 11.1 Å². The second-order valence-electron chi connectivity index (χ2n) is 12.2. The van der Waals surface area contributed by atoms with E-state index in [2.05, 4.69) is 5.32 Å². The summed E-state index contributed by atoms with van der Waals surface area (Å²) in [6.45, 7) is 0.876. The molecule has 0 aliphatic heterocycles. The van der Waals surface area contributed by atoms with Crippen molar-refractivity contribution < 1.29 is 38.6 Å². The monoisotopic (exact) mass is 724 g/mol. The predicted molar refractivity (Wildman–Crippen MR) is 190 cm³/mol. The van der Waals surface area contributed by atoms with Crippen molar-refractivity contribution >= 4 is 41.5 Å². The van der Waals surface area contributed by atoms with Crippen LogP contribution in [-0.2, 0) is 36.8 Å². The van der Waals surface area contributed by atoms with Crippen LogP contribution in [0.5, 0.6) is 5.75 Å². The molecule has 0 saturated heterocycles. The molecule has 4 amide bonds. The Hall–Kier alpha value is -4.69. The maximum absolute atomic E-state index is 14.6. The third kappa shape index (κ3) is 11.4. The summed E-state index contributed by atoms with van der Waals surface area (Å²) in [7, 11) is 1.28. The number of benzene rings is 3. The Morgan fingerprint density at radius 2 is 1.63 bits per heavy atom. The molecular weight excluding hydrogens is 681 g/mol. The van der Waals surface area contributed by atoms with Gasteiger partial charge in [0.2, 0.25) is 24.0 Å². The van der Waals surface area contributed by atoms with E-state index in [1.807, 2.05) is 6.29 Å². The number of halogens is 2. The van der Waals surface area contributed by atoms with Crippen LogP contribution in [0.1, 0.15) is 43.7 Å². The van der Waals surface area contributed by atoms with E-state index in [0.29, 0.717) is 46.7 Å². The van der Waals surface area contributed by atoms with Gasteiger partial charge in [-0.3, -0.25) is 28.9 Å². The summed E-state index contributed by atoms with van der Waals surface area (Å²) in [5, 5.41) is 23.6. The molecule has 1 radical (unpaired) electrons. The van der Waals surface area contributed by atoms with E-state index < -0.39 is 60.2 Å². The van der Waals surface area contributed by atoms with Gasteiger partial charge in [-0.1, -0.05) is 41.9 Å². The van der Waals surface area contributed by atoms with Crippen LogP contribution < -0.4 is 16.8 Å². The third-order valence-electron chi connectivity index (χ3n) is 8.38. The first kappa shape index (κ1) is 40.7. The molecule has 273 valence electrons. The van der Waals surface area contributed by atoms with Crippen molar-refractivity contribution in [3.8, 4) is 16.9 Å². The fourth-order valence-corrected chi connectivity index (χ4v) is 5.55. The van der Waals surface area contributed by atoms with Crippen molar-refractivity contribution in [2.75, 3.05) is 20.2 Å². The van der Waals surface area contributed by atoms with Crippen LogP contribution >= 0.6 is 11.6 Å². The fraction of sp³-hybridized carbons (Fsp3) is 0.378. The summed E-state index contributed by atoms with van der Waals surface area (Å²) in [6, 6.07) is 11.5. The lowest BCUT2D eigenvalue weighted by molar-refractivity contribution is -0.154. The van der Waals surface area contributed by atoms with E-state index in [9.17, 15) is 38.6 Å². The number of carbonyl (C=O) groups excluding carboxylic acids is 5. The Balaban J connectivity index is 2.09. The summed E-state index contributed by atoms with van der Waals surface area (Å²) in [5.41, 5.74) is 13.4. The molecule has 3 aromatic rings. The smallest absolute Gasteiger partial charge is 0.252 e. The number of aliphatic hydroxyl groups is 1. The largest absolute Gasteiger partial charge is 0.507 e. The van der Waals surface area contributed by atoms with Gasteiger partial charge in [0.05, 0.1) is 12.6 Å². The highest BCUT2D eigenvalue weighted by atomic mass is 35.5. The van der Waals surface area contributed by atoms with Gasteiger partial charge < -0.3 is 31.9 Å². The van der Waals surface area contributed by atoms with Gasteiger partial charge in [0.15, 0.2) is 0 Å². The lowest BCUT2D eigenvalue weighted by Crippen LogP contribution is -2.59. The van der Waals surface area contributed by atoms with Gasteiger partial charge in [0, 0.05) is 30.5 Å². The number of phenolic OH excluding ortho intramolecular Hbond substituents is 1. The van der Waals surface area contributed by atoms with E-state index in [-0.39, 0.29) is 31.4 Å².